The van der Waals surface area contributed by atoms with Crippen molar-refractivity contribution in [3.63, 3.8) is 0 Å². The predicted octanol–water partition coefficient (Wildman–Crippen LogP) is 3.55. The Balaban J connectivity index is 1.40. The Morgan fingerprint density at radius 2 is 2.03 bits per heavy atom. The summed E-state index contributed by atoms with van der Waals surface area (Å²) in [4.78, 5) is 41.7. The van der Waals surface area contributed by atoms with Gasteiger partial charge >= 0.3 is 6.03 Å². The first-order valence-electron chi connectivity index (χ1n) is 9.62. The SMILES string of the molecule is C[C@@]1(c2ccco2)NC(=O)N(CC(=O)N2N=C(c3cccs3)C[C@@H]2c2cccs2)C1=O. The molecular formula is C21H18N4O4S2. The van der Waals surface area contributed by atoms with Gasteiger partial charge in [-0.05, 0) is 41.9 Å². The molecule has 0 bridgehead atoms. The Hall–Kier alpha value is -3.24. The highest BCUT2D eigenvalue weighted by molar-refractivity contribution is 7.12. The summed E-state index contributed by atoms with van der Waals surface area (Å²) in [7, 11) is 0. The van der Waals surface area contributed by atoms with Crippen LogP contribution in [-0.2, 0) is 15.1 Å². The number of amides is 4. The van der Waals surface area contributed by atoms with Crippen molar-refractivity contribution in [2.75, 3.05) is 6.54 Å². The maximum atomic E-state index is 13.2. The summed E-state index contributed by atoms with van der Waals surface area (Å²) in [6.45, 7) is 1.16. The molecule has 31 heavy (non-hydrogen) atoms. The number of nitrogens with zero attached hydrogens (tertiary/aromatic N) is 3. The van der Waals surface area contributed by atoms with Crippen LogP contribution in [0.25, 0.3) is 0 Å². The van der Waals surface area contributed by atoms with Crippen LogP contribution in [0.5, 0.6) is 0 Å². The normalized spacial score (nSPS) is 23.4. The van der Waals surface area contributed by atoms with Crippen LogP contribution in [0.1, 0.15) is 34.9 Å². The minimum atomic E-state index is -1.34. The number of rotatable bonds is 5. The highest BCUT2D eigenvalue weighted by atomic mass is 32.1. The van der Waals surface area contributed by atoms with E-state index in [1.54, 1.807) is 41.7 Å². The van der Waals surface area contributed by atoms with E-state index in [-0.39, 0.29) is 6.04 Å². The van der Waals surface area contributed by atoms with Crippen LogP contribution < -0.4 is 5.32 Å². The molecule has 0 saturated carbocycles. The lowest BCUT2D eigenvalue weighted by Gasteiger charge is -2.23. The van der Waals surface area contributed by atoms with E-state index in [2.05, 4.69) is 10.4 Å². The van der Waals surface area contributed by atoms with Gasteiger partial charge in [0.2, 0.25) is 0 Å². The van der Waals surface area contributed by atoms with Crippen molar-refractivity contribution in [3.8, 4) is 0 Å². The zero-order valence-electron chi connectivity index (χ0n) is 16.5. The molecule has 0 aromatic carbocycles. The fourth-order valence-corrected chi connectivity index (χ4v) is 5.35. The van der Waals surface area contributed by atoms with Crippen molar-refractivity contribution in [2.24, 2.45) is 5.10 Å². The zero-order valence-corrected chi connectivity index (χ0v) is 18.1. The topological polar surface area (TPSA) is 95.2 Å². The van der Waals surface area contributed by atoms with Crippen LogP contribution in [0.3, 0.4) is 0 Å². The monoisotopic (exact) mass is 454 g/mol. The molecule has 3 aromatic rings. The first kappa shape index (κ1) is 19.7. The van der Waals surface area contributed by atoms with Crippen LogP contribution in [0.4, 0.5) is 4.79 Å². The third kappa shape index (κ3) is 3.28. The van der Waals surface area contributed by atoms with Crippen LogP contribution in [0.15, 0.2) is 62.9 Å². The van der Waals surface area contributed by atoms with Gasteiger partial charge in [0.1, 0.15) is 12.3 Å². The molecule has 8 nitrogen and oxygen atoms in total. The maximum Gasteiger partial charge on any atom is 0.325 e. The number of furan rings is 1. The number of imide groups is 1. The Kier molecular flexibility index (Phi) is 4.75. The molecule has 0 spiro atoms. The number of carbonyl (C=O) groups is 3. The molecule has 0 unspecified atom stereocenters. The fourth-order valence-electron chi connectivity index (χ4n) is 3.81. The summed E-state index contributed by atoms with van der Waals surface area (Å²) in [6.07, 6.45) is 2.02. The molecule has 1 N–H and O–H groups in total. The van der Waals surface area contributed by atoms with E-state index in [9.17, 15) is 14.4 Å². The highest BCUT2D eigenvalue weighted by Gasteiger charge is 2.52. The number of thiophene rings is 2. The first-order chi connectivity index (χ1) is 15.0. The van der Waals surface area contributed by atoms with Gasteiger partial charge in [-0.3, -0.25) is 14.5 Å². The largest absolute Gasteiger partial charge is 0.466 e. The van der Waals surface area contributed by atoms with E-state index >= 15 is 0 Å². The Morgan fingerprint density at radius 1 is 1.23 bits per heavy atom. The molecule has 0 aliphatic carbocycles. The van der Waals surface area contributed by atoms with E-state index in [1.165, 1.54) is 11.3 Å². The van der Waals surface area contributed by atoms with E-state index < -0.39 is 29.9 Å². The van der Waals surface area contributed by atoms with E-state index in [1.807, 2.05) is 35.0 Å². The lowest BCUT2D eigenvalue weighted by Crippen LogP contribution is -2.43. The van der Waals surface area contributed by atoms with Gasteiger partial charge in [0.05, 0.1) is 22.9 Å². The second-order valence-electron chi connectivity index (χ2n) is 7.42. The van der Waals surface area contributed by atoms with Gasteiger partial charge in [0, 0.05) is 11.3 Å². The average molecular weight is 455 g/mol. The van der Waals surface area contributed by atoms with E-state index in [0.717, 1.165) is 20.4 Å². The molecule has 5 rings (SSSR count). The van der Waals surface area contributed by atoms with Gasteiger partial charge in [0.15, 0.2) is 5.54 Å². The lowest BCUT2D eigenvalue weighted by molar-refractivity contribution is -0.140. The number of carbonyl (C=O) groups excluding carboxylic acids is 3. The lowest BCUT2D eigenvalue weighted by atomic mass is 9.99. The smallest absolute Gasteiger partial charge is 0.325 e. The number of nitrogens with one attached hydrogen (secondary N) is 1. The fraction of sp³-hybridized carbons (Fsp3) is 0.238. The number of urea groups is 1. The highest BCUT2D eigenvalue weighted by Crippen LogP contribution is 2.36. The summed E-state index contributed by atoms with van der Waals surface area (Å²) in [5, 5.41) is 12.5. The molecule has 158 valence electrons. The van der Waals surface area contributed by atoms with Gasteiger partial charge in [-0.1, -0.05) is 12.1 Å². The van der Waals surface area contributed by atoms with Gasteiger partial charge in [0.25, 0.3) is 11.8 Å². The molecule has 2 aliphatic heterocycles. The van der Waals surface area contributed by atoms with Gasteiger partial charge < -0.3 is 9.73 Å². The van der Waals surface area contributed by atoms with Crippen molar-refractivity contribution >= 4 is 46.2 Å². The second-order valence-corrected chi connectivity index (χ2v) is 9.35. The summed E-state index contributed by atoms with van der Waals surface area (Å²) in [6, 6.07) is 10.2. The summed E-state index contributed by atoms with van der Waals surface area (Å²) >= 11 is 3.11. The van der Waals surface area contributed by atoms with Crippen molar-refractivity contribution in [1.82, 2.24) is 15.2 Å². The second kappa shape index (κ2) is 7.47. The Bertz CT molecular complexity index is 1150. The molecular weight excluding hydrogens is 436 g/mol. The molecule has 2 atom stereocenters. The first-order valence-corrected chi connectivity index (χ1v) is 11.4. The average Bonchev–Trinajstić information content (AvgIpc) is 3.57. The zero-order chi connectivity index (χ0) is 21.6. The van der Waals surface area contributed by atoms with Gasteiger partial charge in [-0.2, -0.15) is 5.10 Å². The molecule has 0 radical (unpaired) electrons. The number of hydrogen-bond donors (Lipinski definition) is 1. The Labute approximate surface area is 185 Å². The van der Waals surface area contributed by atoms with E-state index in [4.69, 9.17) is 4.42 Å². The third-order valence-corrected chi connectivity index (χ3v) is 7.32. The molecule has 1 fully saturated rings. The molecule has 1 saturated heterocycles. The summed E-state index contributed by atoms with van der Waals surface area (Å²) < 4.78 is 5.34. The molecule has 3 aromatic heterocycles. The minimum Gasteiger partial charge on any atom is -0.466 e. The standard InChI is InChI=1S/C21H18N4O4S2/c1-21(17-7-2-8-29-17)19(27)24(20(28)22-21)12-18(26)25-14(16-6-4-10-31-16)11-13(23-25)15-5-3-9-30-15/h2-10,14H,11-12H2,1H3,(H,22,28)/t14-,21+/m1/s1. The van der Waals surface area contributed by atoms with Crippen LogP contribution in [0.2, 0.25) is 0 Å². The van der Waals surface area contributed by atoms with Crippen molar-refractivity contribution in [2.45, 2.75) is 24.9 Å². The quantitative estimate of drug-likeness (QED) is 0.597. The summed E-state index contributed by atoms with van der Waals surface area (Å²) in [5.74, 6) is -0.635. The predicted molar refractivity (Wildman–Crippen MR) is 116 cm³/mol. The maximum absolute atomic E-state index is 13.2. The van der Waals surface area contributed by atoms with Crippen LogP contribution in [0, 0.1) is 0 Å². The van der Waals surface area contributed by atoms with Crippen molar-refractivity contribution < 1.29 is 18.8 Å². The summed E-state index contributed by atoms with van der Waals surface area (Å²) in [5.41, 5.74) is -0.524. The molecule has 2 aliphatic rings. The molecule has 5 heterocycles. The van der Waals surface area contributed by atoms with Crippen LogP contribution >= 0.6 is 22.7 Å². The third-order valence-electron chi connectivity index (χ3n) is 5.43. The number of hydrogen-bond acceptors (Lipinski definition) is 7. The van der Waals surface area contributed by atoms with Crippen LogP contribution in [-0.4, -0.2) is 40.0 Å². The molecule has 10 heteroatoms. The van der Waals surface area contributed by atoms with Crippen molar-refractivity contribution in [3.05, 3.63) is 68.9 Å². The minimum absolute atomic E-state index is 0.262. The Morgan fingerprint density at radius 3 is 2.71 bits per heavy atom. The molecule has 4 amide bonds. The number of hydrazone groups is 1. The van der Waals surface area contributed by atoms with E-state index in [0.29, 0.717) is 12.2 Å². The van der Waals surface area contributed by atoms with Gasteiger partial charge in [-0.15, -0.1) is 22.7 Å². The van der Waals surface area contributed by atoms with Crippen molar-refractivity contribution in [1.29, 1.82) is 0 Å². The van der Waals surface area contributed by atoms with Gasteiger partial charge in [-0.25, -0.2) is 9.80 Å².